The van der Waals surface area contributed by atoms with Crippen molar-refractivity contribution in [3.8, 4) is 11.5 Å². The summed E-state index contributed by atoms with van der Waals surface area (Å²) in [7, 11) is 1.92. The van der Waals surface area contributed by atoms with Crippen LogP contribution in [-0.4, -0.2) is 19.7 Å². The minimum Gasteiger partial charge on any atom is -0.325 e. The molecule has 0 saturated heterocycles. The maximum Gasteiger partial charge on any atom is 0.183 e. The molecule has 0 atom stereocenters. The standard InChI is InChI=1S/C8H11N5S/c1-5-11-12-8(13(5)2)6-4-14-7(3-9)10-6/h4H,3,9H2,1-2H3. The lowest BCUT2D eigenvalue weighted by atomic mass is 10.4. The first kappa shape index (κ1) is 9.29. The molecule has 0 aromatic carbocycles. The number of thiazole rings is 1. The van der Waals surface area contributed by atoms with E-state index in [4.69, 9.17) is 5.73 Å². The van der Waals surface area contributed by atoms with Gasteiger partial charge in [0.2, 0.25) is 0 Å². The van der Waals surface area contributed by atoms with E-state index in [1.165, 1.54) is 0 Å². The minimum atomic E-state index is 0.474. The van der Waals surface area contributed by atoms with E-state index in [1.807, 2.05) is 23.9 Å². The number of aromatic nitrogens is 4. The molecule has 0 unspecified atom stereocenters. The third-order valence-electron chi connectivity index (χ3n) is 2.05. The highest BCUT2D eigenvalue weighted by molar-refractivity contribution is 7.09. The fourth-order valence-electron chi connectivity index (χ4n) is 1.14. The van der Waals surface area contributed by atoms with Crippen LogP contribution in [0.5, 0.6) is 0 Å². The van der Waals surface area contributed by atoms with Crippen LogP contribution in [0.1, 0.15) is 10.8 Å². The summed E-state index contributed by atoms with van der Waals surface area (Å²) >= 11 is 1.55. The number of aryl methyl sites for hydroxylation is 1. The SMILES string of the molecule is Cc1nnc(-c2csc(CN)n2)n1C. The highest BCUT2D eigenvalue weighted by Gasteiger charge is 2.10. The molecule has 2 heterocycles. The van der Waals surface area contributed by atoms with E-state index in [0.29, 0.717) is 6.54 Å². The Hall–Kier alpha value is -1.27. The van der Waals surface area contributed by atoms with Crippen molar-refractivity contribution in [2.75, 3.05) is 0 Å². The molecule has 0 radical (unpaired) electrons. The molecule has 0 fully saturated rings. The second kappa shape index (κ2) is 3.47. The Balaban J connectivity index is 2.44. The first-order valence-corrected chi connectivity index (χ1v) is 5.11. The summed E-state index contributed by atoms with van der Waals surface area (Å²) < 4.78 is 1.91. The Bertz CT molecular complexity index is 444. The van der Waals surface area contributed by atoms with Gasteiger partial charge in [-0.3, -0.25) is 0 Å². The van der Waals surface area contributed by atoms with Gasteiger partial charge in [-0.25, -0.2) is 4.98 Å². The van der Waals surface area contributed by atoms with Gasteiger partial charge in [0.15, 0.2) is 5.82 Å². The van der Waals surface area contributed by atoms with Gasteiger partial charge in [-0.15, -0.1) is 21.5 Å². The van der Waals surface area contributed by atoms with Crippen molar-refractivity contribution in [3.05, 3.63) is 16.2 Å². The smallest absolute Gasteiger partial charge is 0.183 e. The van der Waals surface area contributed by atoms with Crippen LogP contribution in [0, 0.1) is 6.92 Å². The van der Waals surface area contributed by atoms with Crippen molar-refractivity contribution < 1.29 is 0 Å². The molecular formula is C8H11N5S. The van der Waals surface area contributed by atoms with Crippen molar-refractivity contribution in [1.82, 2.24) is 19.7 Å². The number of hydrogen-bond acceptors (Lipinski definition) is 5. The predicted octanol–water partition coefficient (Wildman–Crippen LogP) is 0.706. The highest BCUT2D eigenvalue weighted by Crippen LogP contribution is 2.19. The summed E-state index contributed by atoms with van der Waals surface area (Å²) in [5, 5.41) is 10.9. The van der Waals surface area contributed by atoms with Crippen molar-refractivity contribution in [2.24, 2.45) is 12.8 Å². The van der Waals surface area contributed by atoms with Crippen molar-refractivity contribution in [1.29, 1.82) is 0 Å². The van der Waals surface area contributed by atoms with E-state index in [-0.39, 0.29) is 0 Å². The van der Waals surface area contributed by atoms with Crippen LogP contribution in [0.2, 0.25) is 0 Å². The van der Waals surface area contributed by atoms with Crippen LogP contribution < -0.4 is 5.73 Å². The van der Waals surface area contributed by atoms with Crippen LogP contribution in [0.25, 0.3) is 11.5 Å². The maximum absolute atomic E-state index is 5.49. The van der Waals surface area contributed by atoms with Crippen LogP contribution in [0.15, 0.2) is 5.38 Å². The Morgan fingerprint density at radius 2 is 2.29 bits per heavy atom. The zero-order valence-electron chi connectivity index (χ0n) is 8.06. The van der Waals surface area contributed by atoms with Gasteiger partial charge < -0.3 is 10.3 Å². The monoisotopic (exact) mass is 209 g/mol. The zero-order valence-corrected chi connectivity index (χ0v) is 8.88. The summed E-state index contributed by atoms with van der Waals surface area (Å²) in [5.41, 5.74) is 6.34. The molecule has 14 heavy (non-hydrogen) atoms. The highest BCUT2D eigenvalue weighted by atomic mass is 32.1. The molecule has 2 aromatic rings. The lowest BCUT2D eigenvalue weighted by molar-refractivity contribution is 0.861. The molecule has 2 N–H and O–H groups in total. The van der Waals surface area contributed by atoms with E-state index >= 15 is 0 Å². The predicted molar refractivity (Wildman–Crippen MR) is 54.7 cm³/mol. The third kappa shape index (κ3) is 1.42. The lowest BCUT2D eigenvalue weighted by Gasteiger charge is -1.96. The van der Waals surface area contributed by atoms with Gasteiger partial charge in [-0.1, -0.05) is 0 Å². The fraction of sp³-hybridized carbons (Fsp3) is 0.375. The number of nitrogens with two attached hydrogens (primary N) is 1. The zero-order chi connectivity index (χ0) is 10.1. The topological polar surface area (TPSA) is 69.6 Å². The first-order chi connectivity index (χ1) is 6.72. The van der Waals surface area contributed by atoms with E-state index in [2.05, 4.69) is 15.2 Å². The Morgan fingerprint density at radius 3 is 2.79 bits per heavy atom. The van der Waals surface area contributed by atoms with Crippen LogP contribution in [-0.2, 0) is 13.6 Å². The molecular weight excluding hydrogens is 198 g/mol. The van der Waals surface area contributed by atoms with Gasteiger partial charge in [-0.05, 0) is 6.92 Å². The van der Waals surface area contributed by atoms with Gasteiger partial charge >= 0.3 is 0 Å². The van der Waals surface area contributed by atoms with Gasteiger partial charge in [0, 0.05) is 19.0 Å². The van der Waals surface area contributed by atoms with Crippen LogP contribution in [0.4, 0.5) is 0 Å². The molecule has 74 valence electrons. The normalized spacial score (nSPS) is 10.8. The van der Waals surface area contributed by atoms with Crippen molar-refractivity contribution in [2.45, 2.75) is 13.5 Å². The van der Waals surface area contributed by atoms with E-state index < -0.39 is 0 Å². The molecule has 0 aliphatic carbocycles. The third-order valence-corrected chi connectivity index (χ3v) is 2.92. The van der Waals surface area contributed by atoms with Gasteiger partial charge in [-0.2, -0.15) is 0 Å². The largest absolute Gasteiger partial charge is 0.325 e. The van der Waals surface area contributed by atoms with E-state index in [0.717, 1.165) is 22.4 Å². The lowest BCUT2D eigenvalue weighted by Crippen LogP contribution is -1.97. The number of rotatable bonds is 2. The summed E-state index contributed by atoms with van der Waals surface area (Å²) in [6.07, 6.45) is 0. The molecule has 5 nitrogen and oxygen atoms in total. The van der Waals surface area contributed by atoms with E-state index in [1.54, 1.807) is 11.3 Å². The number of nitrogens with zero attached hydrogens (tertiary/aromatic N) is 4. The molecule has 0 bridgehead atoms. The molecule has 6 heteroatoms. The van der Waals surface area contributed by atoms with Crippen molar-refractivity contribution in [3.63, 3.8) is 0 Å². The fourth-order valence-corrected chi connectivity index (χ4v) is 1.79. The second-order valence-corrected chi connectivity index (χ2v) is 3.90. The van der Waals surface area contributed by atoms with Gasteiger partial charge in [0.05, 0.1) is 0 Å². The molecule has 2 aromatic heterocycles. The molecule has 0 aliphatic rings. The maximum atomic E-state index is 5.49. The Morgan fingerprint density at radius 1 is 1.50 bits per heavy atom. The van der Waals surface area contributed by atoms with Gasteiger partial charge in [0.1, 0.15) is 16.5 Å². The summed E-state index contributed by atoms with van der Waals surface area (Å²) in [6.45, 7) is 2.38. The quantitative estimate of drug-likeness (QED) is 0.790. The van der Waals surface area contributed by atoms with Gasteiger partial charge in [0.25, 0.3) is 0 Å². The Kier molecular flexibility index (Phi) is 2.30. The second-order valence-electron chi connectivity index (χ2n) is 2.96. The van der Waals surface area contributed by atoms with Crippen molar-refractivity contribution >= 4 is 11.3 Å². The van der Waals surface area contributed by atoms with Crippen LogP contribution >= 0.6 is 11.3 Å². The summed E-state index contributed by atoms with van der Waals surface area (Å²) in [5.74, 6) is 1.67. The minimum absolute atomic E-state index is 0.474. The Labute approximate surface area is 85.6 Å². The molecule has 0 spiro atoms. The molecule has 0 saturated carbocycles. The molecule has 0 aliphatic heterocycles. The average molecular weight is 209 g/mol. The summed E-state index contributed by atoms with van der Waals surface area (Å²) in [6, 6.07) is 0. The first-order valence-electron chi connectivity index (χ1n) is 4.23. The summed E-state index contributed by atoms with van der Waals surface area (Å²) in [4.78, 5) is 4.34. The van der Waals surface area contributed by atoms with Crippen LogP contribution in [0.3, 0.4) is 0 Å². The molecule has 0 amide bonds. The average Bonchev–Trinajstić information content (AvgIpc) is 2.75. The number of hydrogen-bond donors (Lipinski definition) is 1. The molecule has 2 rings (SSSR count). The van der Waals surface area contributed by atoms with E-state index in [9.17, 15) is 0 Å².